The molecule has 0 aromatic rings. The van der Waals surface area contributed by atoms with Gasteiger partial charge in [-0.3, -0.25) is 0 Å². The summed E-state index contributed by atoms with van der Waals surface area (Å²) >= 11 is 0. The molecule has 0 aromatic carbocycles. The maximum Gasteiger partial charge on any atom is 0.330 e. The summed E-state index contributed by atoms with van der Waals surface area (Å²) in [5, 5.41) is 54.4. The van der Waals surface area contributed by atoms with Gasteiger partial charge in [0.15, 0.2) is 5.79 Å². The predicted octanol–water partition coefficient (Wildman–Crippen LogP) is 6.80. The number of aliphatic hydroxyl groups is 5. The van der Waals surface area contributed by atoms with Crippen LogP contribution in [0.15, 0.2) is 36.5 Å². The predicted molar refractivity (Wildman–Crippen MR) is 211 cm³/mol. The average molecular weight is 765 g/mol. The summed E-state index contributed by atoms with van der Waals surface area (Å²) in [7, 11) is 1.53. The Bertz CT molecular complexity index is 1170. The summed E-state index contributed by atoms with van der Waals surface area (Å²) in [6.45, 7) is 13.7. The van der Waals surface area contributed by atoms with Gasteiger partial charge in [-0.1, -0.05) is 78.3 Å². The Hall–Kier alpha value is -1.63. The molecule has 1 spiro atoms. The second-order valence-electron chi connectivity index (χ2n) is 17.1. The number of hydrogen-bond donors (Lipinski definition) is 5. The first-order valence-corrected chi connectivity index (χ1v) is 21.1. The summed E-state index contributed by atoms with van der Waals surface area (Å²) in [5.41, 5.74) is 0. The molecule has 2 bridgehead atoms. The zero-order valence-electron chi connectivity index (χ0n) is 34.6. The van der Waals surface area contributed by atoms with Gasteiger partial charge >= 0.3 is 5.97 Å². The third-order valence-corrected chi connectivity index (χ3v) is 12.7. The van der Waals surface area contributed by atoms with Crippen molar-refractivity contribution in [3.8, 4) is 0 Å². The lowest BCUT2D eigenvalue weighted by Gasteiger charge is -2.52. The Kier molecular flexibility index (Phi) is 19.9. The zero-order chi connectivity index (χ0) is 40.0. The highest BCUT2D eigenvalue weighted by Gasteiger charge is 2.52. The first-order chi connectivity index (χ1) is 25.6. The summed E-state index contributed by atoms with van der Waals surface area (Å²) in [6, 6.07) is 0. The largest absolute Gasteiger partial charge is 0.459 e. The molecule has 2 fully saturated rings. The number of carbonyl (C=O) groups is 1. The van der Waals surface area contributed by atoms with E-state index in [0.29, 0.717) is 38.0 Å². The van der Waals surface area contributed by atoms with Crippen molar-refractivity contribution in [1.82, 2.24) is 0 Å². The van der Waals surface area contributed by atoms with E-state index in [9.17, 15) is 30.3 Å². The molecule has 0 radical (unpaired) electrons. The first kappa shape index (κ1) is 46.8. The van der Waals surface area contributed by atoms with E-state index >= 15 is 0 Å². The third kappa shape index (κ3) is 14.1. The van der Waals surface area contributed by atoms with Crippen molar-refractivity contribution in [2.45, 2.75) is 193 Å². The molecule has 312 valence electrons. The smallest absolute Gasteiger partial charge is 0.330 e. The summed E-state index contributed by atoms with van der Waals surface area (Å²) < 4.78 is 25.7. The van der Waals surface area contributed by atoms with Gasteiger partial charge in [0.05, 0.1) is 48.8 Å². The van der Waals surface area contributed by atoms with E-state index in [1.54, 1.807) is 26.8 Å². The fourth-order valence-corrected chi connectivity index (χ4v) is 8.65. The lowest BCUT2D eigenvalue weighted by atomic mass is 9.78. The number of fused-ring (bicyclic) bond motifs is 2. The standard InChI is InChI=1S/C44H76O10/c1-9-15-35-39-20-19-33(10-2)16-13-11-12-14-17-36(46)31(6)37(47)25-34(51-8)26-38(48)32(7)43(50)29(4)18-21-42(49)52-41(35)27-44(53-39)23-22-28(3)40(54-44)24-30(5)45/h11-13,16,18,21,28-41,43,45-48,50H,9-10,14-15,17,19-20,22-27H2,1-8H3. The lowest BCUT2D eigenvalue weighted by molar-refractivity contribution is -0.349. The van der Waals surface area contributed by atoms with Gasteiger partial charge in [0.2, 0.25) is 0 Å². The fraction of sp³-hybridized carbons (Fsp3) is 0.841. The molecule has 0 saturated carbocycles. The molecule has 0 amide bonds. The number of allylic oxidation sites excluding steroid dienone is 4. The van der Waals surface area contributed by atoms with Crippen molar-refractivity contribution < 1.29 is 49.3 Å². The summed E-state index contributed by atoms with van der Waals surface area (Å²) in [6.07, 6.45) is 14.7. The van der Waals surface area contributed by atoms with E-state index in [-0.39, 0.29) is 42.8 Å². The van der Waals surface area contributed by atoms with Crippen LogP contribution < -0.4 is 0 Å². The molecular weight excluding hydrogens is 688 g/mol. The molecule has 3 rings (SSSR count). The highest BCUT2D eigenvalue weighted by Crippen LogP contribution is 2.47. The van der Waals surface area contributed by atoms with E-state index in [0.717, 1.165) is 38.5 Å². The quantitative estimate of drug-likeness (QED) is 0.183. The lowest BCUT2D eigenvalue weighted by Crippen LogP contribution is -2.57. The maximum absolute atomic E-state index is 13.6. The van der Waals surface area contributed by atoms with Crippen LogP contribution in [0.4, 0.5) is 0 Å². The van der Waals surface area contributed by atoms with Crippen molar-refractivity contribution >= 4 is 5.97 Å². The van der Waals surface area contributed by atoms with E-state index < -0.39 is 66.3 Å². The van der Waals surface area contributed by atoms with Crippen LogP contribution in [0.2, 0.25) is 0 Å². The van der Waals surface area contributed by atoms with Crippen LogP contribution in [0.5, 0.6) is 0 Å². The number of carbonyl (C=O) groups excluding carboxylic acids is 1. The van der Waals surface area contributed by atoms with E-state index in [2.05, 4.69) is 32.9 Å². The SMILES string of the molecule is CCCC1C2CC3(CCC(C)C(CC(C)O)O3)OC1CCC(CC)C=CC=CCCC(O)C(C)C(O)CC(OC)CC(O)C(C)C(O)C(C)C=CC(=O)O2. The zero-order valence-corrected chi connectivity index (χ0v) is 34.6. The molecule has 0 aliphatic carbocycles. The number of hydrogen-bond acceptors (Lipinski definition) is 10. The third-order valence-electron chi connectivity index (χ3n) is 12.7. The minimum absolute atomic E-state index is 0.0182. The monoisotopic (exact) mass is 765 g/mol. The maximum atomic E-state index is 13.6. The van der Waals surface area contributed by atoms with Gasteiger partial charge in [-0.15, -0.1) is 0 Å². The van der Waals surface area contributed by atoms with Crippen molar-refractivity contribution in [3.63, 3.8) is 0 Å². The number of methoxy groups -OCH3 is 1. The van der Waals surface area contributed by atoms with Crippen LogP contribution in [0.1, 0.15) is 132 Å². The highest BCUT2D eigenvalue weighted by atomic mass is 16.7. The van der Waals surface area contributed by atoms with Crippen molar-refractivity contribution in [3.05, 3.63) is 36.5 Å². The van der Waals surface area contributed by atoms with Gasteiger partial charge in [0, 0.05) is 49.7 Å². The Labute approximate surface area is 326 Å². The molecule has 3 heterocycles. The second kappa shape index (κ2) is 22.9. The second-order valence-corrected chi connectivity index (χ2v) is 17.1. The average Bonchev–Trinajstić information content (AvgIpc) is 3.13. The van der Waals surface area contributed by atoms with Gasteiger partial charge in [-0.05, 0) is 83.0 Å². The van der Waals surface area contributed by atoms with Gasteiger partial charge in [0.1, 0.15) is 6.10 Å². The van der Waals surface area contributed by atoms with Gasteiger partial charge in [-0.2, -0.15) is 0 Å². The van der Waals surface area contributed by atoms with Gasteiger partial charge in [-0.25, -0.2) is 4.79 Å². The Morgan fingerprint density at radius 2 is 1.59 bits per heavy atom. The molecule has 16 unspecified atom stereocenters. The molecule has 3 aliphatic rings. The fourth-order valence-electron chi connectivity index (χ4n) is 8.65. The number of esters is 1. The Morgan fingerprint density at radius 1 is 0.889 bits per heavy atom. The van der Waals surface area contributed by atoms with Crippen LogP contribution in [-0.4, -0.2) is 99.3 Å². The molecule has 54 heavy (non-hydrogen) atoms. The van der Waals surface area contributed by atoms with Crippen LogP contribution in [-0.2, 0) is 23.7 Å². The van der Waals surface area contributed by atoms with Gasteiger partial charge < -0.3 is 44.5 Å². The highest BCUT2D eigenvalue weighted by molar-refractivity contribution is 5.82. The van der Waals surface area contributed by atoms with Crippen LogP contribution in [0.3, 0.4) is 0 Å². The van der Waals surface area contributed by atoms with Crippen LogP contribution in [0.25, 0.3) is 0 Å². The minimum Gasteiger partial charge on any atom is -0.459 e. The number of ether oxygens (including phenoxy) is 4. The number of rotatable bonds is 6. The summed E-state index contributed by atoms with van der Waals surface area (Å²) in [5.74, 6) is -2.22. The topological polar surface area (TPSA) is 155 Å². The first-order valence-electron chi connectivity index (χ1n) is 21.1. The summed E-state index contributed by atoms with van der Waals surface area (Å²) in [4.78, 5) is 13.6. The Balaban J connectivity index is 1.93. The van der Waals surface area contributed by atoms with E-state index in [1.807, 2.05) is 19.1 Å². The molecule has 5 N–H and O–H groups in total. The molecule has 10 heteroatoms. The van der Waals surface area contributed by atoms with Gasteiger partial charge in [0.25, 0.3) is 0 Å². The molecule has 0 aromatic heterocycles. The van der Waals surface area contributed by atoms with Crippen molar-refractivity contribution in [1.29, 1.82) is 0 Å². The molecule has 16 atom stereocenters. The van der Waals surface area contributed by atoms with E-state index in [4.69, 9.17) is 18.9 Å². The molecule has 10 nitrogen and oxygen atoms in total. The van der Waals surface area contributed by atoms with Crippen LogP contribution >= 0.6 is 0 Å². The Morgan fingerprint density at radius 3 is 2.24 bits per heavy atom. The minimum atomic E-state index is -0.952. The number of aliphatic hydroxyl groups excluding tert-OH is 5. The molecule has 2 saturated heterocycles. The van der Waals surface area contributed by atoms with Crippen molar-refractivity contribution in [2.24, 2.45) is 35.5 Å². The van der Waals surface area contributed by atoms with E-state index in [1.165, 1.54) is 13.2 Å². The van der Waals surface area contributed by atoms with Crippen molar-refractivity contribution in [2.75, 3.05) is 7.11 Å². The van der Waals surface area contributed by atoms with Crippen LogP contribution in [0, 0.1) is 35.5 Å². The normalized spacial score (nSPS) is 42.1. The molecule has 3 aliphatic heterocycles. The molecular formula is C44H76O10.